The van der Waals surface area contributed by atoms with Gasteiger partial charge in [0.05, 0.1) is 30.8 Å². The van der Waals surface area contributed by atoms with Gasteiger partial charge in [-0.2, -0.15) is 20.1 Å². The van der Waals surface area contributed by atoms with Crippen molar-refractivity contribution < 1.29 is 9.47 Å². The van der Waals surface area contributed by atoms with E-state index in [0.29, 0.717) is 37.6 Å². The first-order valence-electron chi connectivity index (χ1n) is 9.70. The molecular formula is C20H21N7O2. The van der Waals surface area contributed by atoms with Gasteiger partial charge < -0.3 is 14.4 Å². The highest BCUT2D eigenvalue weighted by Crippen LogP contribution is 2.29. The number of pyridine rings is 1. The molecule has 0 amide bonds. The molecule has 0 saturated carbocycles. The van der Waals surface area contributed by atoms with Crippen LogP contribution < -0.4 is 9.64 Å². The first-order chi connectivity index (χ1) is 14.3. The molecule has 0 atom stereocenters. The fourth-order valence-corrected chi connectivity index (χ4v) is 3.42. The maximum absolute atomic E-state index is 5.88. The maximum Gasteiger partial charge on any atom is 0.322 e. The zero-order valence-corrected chi connectivity index (χ0v) is 15.9. The Labute approximate surface area is 167 Å². The summed E-state index contributed by atoms with van der Waals surface area (Å²) in [6.07, 6.45) is 7.42. The Balaban J connectivity index is 1.46. The van der Waals surface area contributed by atoms with E-state index in [4.69, 9.17) is 14.5 Å². The lowest BCUT2D eigenvalue weighted by Crippen LogP contribution is -2.37. The third kappa shape index (κ3) is 3.95. The molecular weight excluding hydrogens is 370 g/mol. The molecule has 1 fully saturated rings. The summed E-state index contributed by atoms with van der Waals surface area (Å²) in [5, 5.41) is 7.16. The van der Waals surface area contributed by atoms with Gasteiger partial charge in [-0.05, 0) is 42.2 Å². The summed E-state index contributed by atoms with van der Waals surface area (Å²) in [6, 6.07) is 6.02. The second-order valence-corrected chi connectivity index (χ2v) is 6.93. The van der Waals surface area contributed by atoms with Crippen molar-refractivity contribution in [1.82, 2.24) is 30.1 Å². The third-order valence-corrected chi connectivity index (χ3v) is 4.99. The van der Waals surface area contributed by atoms with Crippen molar-refractivity contribution in [2.75, 3.05) is 31.2 Å². The number of H-pyrrole nitrogens is 1. The van der Waals surface area contributed by atoms with E-state index in [9.17, 15) is 0 Å². The predicted octanol–water partition coefficient (Wildman–Crippen LogP) is 1.89. The lowest BCUT2D eigenvalue weighted by molar-refractivity contribution is 0.122. The standard InChI is InChI=1S/C20H21N7O2/c1-2-6-21-16(3-1)13-29-20-24-18(14-4-5-15-12-22-26-17(15)11-14)23-19(25-20)27-7-9-28-10-8-27/h1-3,6,11-12H,4-5,7-10,13H2,(H,22,26). The monoisotopic (exact) mass is 391 g/mol. The van der Waals surface area contributed by atoms with E-state index in [0.717, 1.165) is 42.9 Å². The van der Waals surface area contributed by atoms with E-state index in [2.05, 4.69) is 36.1 Å². The summed E-state index contributed by atoms with van der Waals surface area (Å²) in [5.41, 5.74) is 4.08. The van der Waals surface area contributed by atoms with Crippen LogP contribution in [0.1, 0.15) is 29.2 Å². The van der Waals surface area contributed by atoms with Crippen LogP contribution in [0.4, 0.5) is 5.95 Å². The van der Waals surface area contributed by atoms with Crippen molar-refractivity contribution in [1.29, 1.82) is 0 Å². The topological polar surface area (TPSA) is 102 Å². The molecule has 0 bridgehead atoms. The first-order valence-corrected chi connectivity index (χ1v) is 9.70. The highest BCUT2D eigenvalue weighted by atomic mass is 16.5. The second kappa shape index (κ2) is 7.96. The van der Waals surface area contributed by atoms with Crippen molar-refractivity contribution in [3.63, 3.8) is 0 Å². The molecule has 5 rings (SSSR count). The number of hydrogen-bond donors (Lipinski definition) is 1. The molecule has 1 N–H and O–H groups in total. The molecule has 9 nitrogen and oxygen atoms in total. The minimum Gasteiger partial charge on any atom is -0.457 e. The molecule has 1 aliphatic heterocycles. The van der Waals surface area contributed by atoms with Crippen molar-refractivity contribution in [2.45, 2.75) is 19.4 Å². The Kier molecular flexibility index (Phi) is 4.87. The Morgan fingerprint density at radius 2 is 2.03 bits per heavy atom. The van der Waals surface area contributed by atoms with Gasteiger partial charge in [0.1, 0.15) is 6.61 Å². The Bertz CT molecular complexity index is 1010. The fraction of sp³-hybridized carbons (Fsp3) is 0.350. The van der Waals surface area contributed by atoms with Gasteiger partial charge in [-0.15, -0.1) is 0 Å². The summed E-state index contributed by atoms with van der Waals surface area (Å²) in [6.45, 7) is 3.10. The summed E-state index contributed by atoms with van der Waals surface area (Å²) in [5.74, 6) is 1.25. The molecule has 3 aromatic rings. The molecule has 0 aromatic carbocycles. The molecule has 0 spiro atoms. The van der Waals surface area contributed by atoms with Gasteiger partial charge in [0, 0.05) is 19.3 Å². The first kappa shape index (κ1) is 17.7. The summed E-state index contributed by atoms with van der Waals surface area (Å²) >= 11 is 0. The summed E-state index contributed by atoms with van der Waals surface area (Å²) < 4.78 is 11.3. The summed E-state index contributed by atoms with van der Waals surface area (Å²) in [4.78, 5) is 20.3. The van der Waals surface area contributed by atoms with Gasteiger partial charge in [0.25, 0.3) is 0 Å². The lowest BCUT2D eigenvalue weighted by Gasteiger charge is -2.27. The van der Waals surface area contributed by atoms with E-state index in [-0.39, 0.29) is 0 Å². The van der Waals surface area contributed by atoms with Crippen LogP contribution >= 0.6 is 0 Å². The van der Waals surface area contributed by atoms with Crippen LogP contribution in [0.25, 0.3) is 11.6 Å². The van der Waals surface area contributed by atoms with E-state index in [1.807, 2.05) is 24.4 Å². The predicted molar refractivity (Wildman–Crippen MR) is 106 cm³/mol. The molecule has 9 heteroatoms. The van der Waals surface area contributed by atoms with Gasteiger partial charge in [-0.25, -0.2) is 0 Å². The minimum absolute atomic E-state index is 0.302. The van der Waals surface area contributed by atoms with Crippen molar-refractivity contribution in [2.24, 2.45) is 0 Å². The largest absolute Gasteiger partial charge is 0.457 e. The molecule has 148 valence electrons. The Morgan fingerprint density at radius 1 is 1.10 bits per heavy atom. The number of anilines is 1. The molecule has 2 aliphatic rings. The highest BCUT2D eigenvalue weighted by Gasteiger charge is 2.21. The number of fused-ring (bicyclic) bond motifs is 1. The zero-order chi connectivity index (χ0) is 19.5. The quantitative estimate of drug-likeness (QED) is 0.704. The number of allylic oxidation sites excluding steroid dienone is 1. The number of nitrogens with one attached hydrogen (secondary N) is 1. The number of rotatable bonds is 5. The van der Waals surface area contributed by atoms with Crippen LogP contribution in [0.3, 0.4) is 0 Å². The van der Waals surface area contributed by atoms with Gasteiger partial charge >= 0.3 is 6.01 Å². The average Bonchev–Trinajstić information content (AvgIpc) is 3.27. The zero-order valence-electron chi connectivity index (χ0n) is 15.9. The SMILES string of the molecule is C1=C(c2nc(OCc3ccccn3)nc(N3CCOCC3)n2)CCc2cn[nH]c21. The average molecular weight is 391 g/mol. The fourth-order valence-electron chi connectivity index (χ4n) is 3.42. The molecule has 1 aliphatic carbocycles. The second-order valence-electron chi connectivity index (χ2n) is 6.93. The van der Waals surface area contributed by atoms with Crippen LogP contribution in [-0.4, -0.2) is 56.4 Å². The molecule has 29 heavy (non-hydrogen) atoms. The van der Waals surface area contributed by atoms with Crippen molar-refractivity contribution >= 4 is 17.6 Å². The van der Waals surface area contributed by atoms with E-state index >= 15 is 0 Å². The number of morpholine rings is 1. The van der Waals surface area contributed by atoms with Crippen LogP contribution in [0.15, 0.2) is 30.6 Å². The Hall–Kier alpha value is -3.33. The normalized spacial score (nSPS) is 16.3. The Morgan fingerprint density at radius 3 is 2.90 bits per heavy atom. The number of hydrogen-bond acceptors (Lipinski definition) is 8. The van der Waals surface area contributed by atoms with Crippen LogP contribution in [-0.2, 0) is 17.8 Å². The van der Waals surface area contributed by atoms with Gasteiger partial charge in [0.15, 0.2) is 5.82 Å². The van der Waals surface area contributed by atoms with Crippen LogP contribution in [0.2, 0.25) is 0 Å². The molecule has 3 aromatic heterocycles. The van der Waals surface area contributed by atoms with Gasteiger partial charge in [-0.1, -0.05) is 6.07 Å². The van der Waals surface area contributed by atoms with Gasteiger partial charge in [0.2, 0.25) is 5.95 Å². The number of ether oxygens (including phenoxy) is 2. The smallest absolute Gasteiger partial charge is 0.322 e. The minimum atomic E-state index is 0.302. The van der Waals surface area contributed by atoms with E-state index in [1.54, 1.807) is 6.20 Å². The number of aryl methyl sites for hydroxylation is 1. The van der Waals surface area contributed by atoms with E-state index < -0.39 is 0 Å². The summed E-state index contributed by atoms with van der Waals surface area (Å²) in [7, 11) is 0. The number of nitrogens with zero attached hydrogens (tertiary/aromatic N) is 6. The van der Waals surface area contributed by atoms with E-state index in [1.165, 1.54) is 5.56 Å². The third-order valence-electron chi connectivity index (χ3n) is 4.99. The van der Waals surface area contributed by atoms with Crippen LogP contribution in [0, 0.1) is 0 Å². The molecule has 0 radical (unpaired) electrons. The van der Waals surface area contributed by atoms with Crippen LogP contribution in [0.5, 0.6) is 6.01 Å². The lowest BCUT2D eigenvalue weighted by atomic mass is 9.97. The van der Waals surface area contributed by atoms with Crippen molar-refractivity contribution in [3.8, 4) is 6.01 Å². The molecule has 4 heterocycles. The molecule has 1 saturated heterocycles. The maximum atomic E-state index is 5.88. The van der Waals surface area contributed by atoms with Crippen molar-refractivity contribution in [3.05, 3.63) is 53.4 Å². The highest BCUT2D eigenvalue weighted by molar-refractivity contribution is 5.80. The molecule has 0 unspecified atom stereocenters. The number of aromatic amines is 1. The number of aromatic nitrogens is 6. The van der Waals surface area contributed by atoms with Gasteiger partial charge in [-0.3, -0.25) is 10.1 Å².